The zero-order valence-corrected chi connectivity index (χ0v) is 37.5. The van der Waals surface area contributed by atoms with Crippen molar-refractivity contribution in [3.63, 3.8) is 0 Å². The van der Waals surface area contributed by atoms with Crippen LogP contribution >= 0.6 is 0 Å². The minimum atomic E-state index is -0.797. The quantitative estimate of drug-likeness (QED) is 0.0378. The largest absolute Gasteiger partial charge is 0.462 e. The van der Waals surface area contributed by atoms with Crippen LogP contribution in [0.1, 0.15) is 206 Å². The Labute approximate surface area is 358 Å². The Kier molecular flexibility index (Phi) is 45.5. The van der Waals surface area contributed by atoms with Gasteiger partial charge in [0.05, 0.1) is 6.61 Å². The van der Waals surface area contributed by atoms with Crippen molar-refractivity contribution in [2.75, 3.05) is 13.2 Å². The Balaban J connectivity index is 3.65. The first-order valence-electron chi connectivity index (χ1n) is 23.8. The van der Waals surface area contributed by atoms with Gasteiger partial charge in [-0.05, 0) is 96.3 Å². The van der Waals surface area contributed by atoms with E-state index in [-0.39, 0.29) is 25.2 Å². The maximum absolute atomic E-state index is 12.2. The van der Waals surface area contributed by atoms with Gasteiger partial charge in [0.1, 0.15) is 6.61 Å². The summed E-state index contributed by atoms with van der Waals surface area (Å²) in [6.45, 7) is 3.99. The van der Waals surface area contributed by atoms with Crippen molar-refractivity contribution in [3.8, 4) is 0 Å². The molecular formula is C53H88O5. The highest BCUT2D eigenvalue weighted by Gasteiger charge is 2.16. The van der Waals surface area contributed by atoms with Gasteiger partial charge >= 0.3 is 11.9 Å². The smallest absolute Gasteiger partial charge is 0.306 e. The van der Waals surface area contributed by atoms with Crippen molar-refractivity contribution >= 4 is 11.9 Å². The second-order valence-corrected chi connectivity index (χ2v) is 15.4. The molecule has 5 heteroatoms. The summed E-state index contributed by atoms with van der Waals surface area (Å²) < 4.78 is 10.6. The van der Waals surface area contributed by atoms with Gasteiger partial charge in [-0.15, -0.1) is 0 Å². The maximum Gasteiger partial charge on any atom is 0.306 e. The van der Waals surface area contributed by atoms with Crippen LogP contribution < -0.4 is 0 Å². The molecule has 0 aliphatic heterocycles. The molecule has 0 bridgehead atoms. The molecule has 0 saturated carbocycles. The van der Waals surface area contributed by atoms with E-state index in [0.29, 0.717) is 12.8 Å². The first kappa shape index (κ1) is 54.8. The summed E-state index contributed by atoms with van der Waals surface area (Å²) in [5.74, 6) is -0.636. The average molecular weight is 805 g/mol. The Morgan fingerprint density at radius 2 is 0.741 bits per heavy atom. The second kappa shape index (κ2) is 48.2. The number of aliphatic hydroxyl groups excluding tert-OH is 1. The lowest BCUT2D eigenvalue weighted by Gasteiger charge is -2.15. The van der Waals surface area contributed by atoms with E-state index in [1.807, 2.05) is 0 Å². The van der Waals surface area contributed by atoms with Gasteiger partial charge in [-0.25, -0.2) is 0 Å². The van der Waals surface area contributed by atoms with Gasteiger partial charge in [0.25, 0.3) is 0 Å². The Bertz CT molecular complexity index is 1140. The monoisotopic (exact) mass is 805 g/mol. The summed E-state index contributed by atoms with van der Waals surface area (Å²) in [6.07, 6.45) is 67.7. The predicted octanol–water partition coefficient (Wildman–Crippen LogP) is 15.6. The van der Waals surface area contributed by atoms with E-state index in [1.54, 1.807) is 0 Å². The van der Waals surface area contributed by atoms with Gasteiger partial charge in [0, 0.05) is 12.8 Å². The van der Waals surface area contributed by atoms with Crippen LogP contribution in [0.15, 0.2) is 97.2 Å². The van der Waals surface area contributed by atoms with Crippen LogP contribution in [0.2, 0.25) is 0 Å². The molecule has 1 atom stereocenters. The first-order valence-corrected chi connectivity index (χ1v) is 23.8. The molecule has 0 heterocycles. The molecule has 58 heavy (non-hydrogen) atoms. The zero-order chi connectivity index (χ0) is 42.1. The fourth-order valence-corrected chi connectivity index (χ4v) is 6.29. The van der Waals surface area contributed by atoms with Crippen molar-refractivity contribution in [2.45, 2.75) is 213 Å². The third-order valence-electron chi connectivity index (χ3n) is 9.86. The first-order chi connectivity index (χ1) is 28.6. The summed E-state index contributed by atoms with van der Waals surface area (Å²) in [5, 5.41) is 9.60. The van der Waals surface area contributed by atoms with Crippen molar-refractivity contribution < 1.29 is 24.2 Å². The van der Waals surface area contributed by atoms with Crippen molar-refractivity contribution in [2.24, 2.45) is 0 Å². The topological polar surface area (TPSA) is 72.8 Å². The van der Waals surface area contributed by atoms with Gasteiger partial charge in [-0.2, -0.15) is 0 Å². The van der Waals surface area contributed by atoms with Crippen LogP contribution in [0, 0.1) is 0 Å². The highest BCUT2D eigenvalue weighted by atomic mass is 16.6. The number of unbranched alkanes of at least 4 members (excludes halogenated alkanes) is 18. The van der Waals surface area contributed by atoms with E-state index in [1.165, 1.54) is 89.9 Å². The number of hydrogen-bond acceptors (Lipinski definition) is 5. The highest BCUT2D eigenvalue weighted by molar-refractivity contribution is 5.70. The summed E-state index contributed by atoms with van der Waals surface area (Å²) in [5.41, 5.74) is 0. The molecule has 0 rings (SSSR count). The van der Waals surface area contributed by atoms with Crippen molar-refractivity contribution in [3.05, 3.63) is 97.2 Å². The number of hydrogen-bond donors (Lipinski definition) is 1. The fourth-order valence-electron chi connectivity index (χ4n) is 6.29. The summed E-state index contributed by atoms with van der Waals surface area (Å²) in [4.78, 5) is 24.4. The lowest BCUT2D eigenvalue weighted by molar-refractivity contribution is -0.161. The van der Waals surface area contributed by atoms with Crippen LogP contribution in [-0.2, 0) is 19.1 Å². The van der Waals surface area contributed by atoms with Crippen LogP contribution in [0.4, 0.5) is 0 Å². The second-order valence-electron chi connectivity index (χ2n) is 15.4. The molecular weight excluding hydrogens is 717 g/mol. The van der Waals surface area contributed by atoms with Crippen molar-refractivity contribution in [1.82, 2.24) is 0 Å². The van der Waals surface area contributed by atoms with Gasteiger partial charge in [0.2, 0.25) is 0 Å². The van der Waals surface area contributed by atoms with E-state index in [9.17, 15) is 14.7 Å². The molecule has 0 saturated heterocycles. The van der Waals surface area contributed by atoms with E-state index in [4.69, 9.17) is 9.47 Å². The number of carbonyl (C=O) groups excluding carboxylic acids is 2. The SMILES string of the molecule is CC/C=C\C/C=C\C/C=C\C/C=C\C/C=C\C/C=C\C/C=C\CCCCCC(=O)OC(CO)COC(=O)CCCCCCCCCCC/C=C\CCCCCCCC. The molecule has 0 aromatic carbocycles. The Morgan fingerprint density at radius 1 is 0.414 bits per heavy atom. The van der Waals surface area contributed by atoms with Gasteiger partial charge < -0.3 is 14.6 Å². The molecule has 1 unspecified atom stereocenters. The van der Waals surface area contributed by atoms with E-state index in [0.717, 1.165) is 89.9 Å². The molecule has 1 N–H and O–H groups in total. The molecule has 0 fully saturated rings. The molecule has 0 amide bonds. The zero-order valence-electron chi connectivity index (χ0n) is 37.5. The minimum absolute atomic E-state index is 0.0858. The van der Waals surface area contributed by atoms with Gasteiger partial charge in [-0.3, -0.25) is 9.59 Å². The molecule has 0 aromatic heterocycles. The lowest BCUT2D eigenvalue weighted by atomic mass is 10.1. The number of rotatable bonds is 42. The fraction of sp³-hybridized carbons (Fsp3) is 0.660. The molecule has 0 spiro atoms. The van der Waals surface area contributed by atoms with Gasteiger partial charge in [0.15, 0.2) is 6.10 Å². The highest BCUT2D eigenvalue weighted by Crippen LogP contribution is 2.13. The third kappa shape index (κ3) is 45.5. The molecule has 0 radical (unpaired) electrons. The lowest BCUT2D eigenvalue weighted by Crippen LogP contribution is -2.28. The van der Waals surface area contributed by atoms with E-state index >= 15 is 0 Å². The Hall–Kier alpha value is -3.18. The van der Waals surface area contributed by atoms with Crippen molar-refractivity contribution in [1.29, 1.82) is 0 Å². The molecule has 330 valence electrons. The number of allylic oxidation sites excluding steroid dienone is 16. The number of carbonyl (C=O) groups is 2. The van der Waals surface area contributed by atoms with E-state index in [2.05, 4.69) is 111 Å². The number of esters is 2. The third-order valence-corrected chi connectivity index (χ3v) is 9.86. The van der Waals surface area contributed by atoms with Crippen LogP contribution in [0.5, 0.6) is 0 Å². The van der Waals surface area contributed by atoms with Crippen LogP contribution in [0.25, 0.3) is 0 Å². The van der Waals surface area contributed by atoms with Crippen LogP contribution in [0.3, 0.4) is 0 Å². The van der Waals surface area contributed by atoms with E-state index < -0.39 is 6.10 Å². The predicted molar refractivity (Wildman–Crippen MR) is 251 cm³/mol. The van der Waals surface area contributed by atoms with Gasteiger partial charge in [-0.1, -0.05) is 195 Å². The molecule has 0 aromatic rings. The summed E-state index contributed by atoms with van der Waals surface area (Å²) in [6, 6.07) is 0. The summed E-state index contributed by atoms with van der Waals surface area (Å²) >= 11 is 0. The Morgan fingerprint density at radius 3 is 1.16 bits per heavy atom. The normalized spacial score (nSPS) is 13.1. The number of ether oxygens (including phenoxy) is 2. The summed E-state index contributed by atoms with van der Waals surface area (Å²) in [7, 11) is 0. The standard InChI is InChI=1S/C53H88O5/c1-3-5-7-9-11-13-15-17-19-21-23-24-25-26-27-28-30-32-34-36-38-40-42-44-46-48-53(56)58-51(49-54)50-57-52(55)47-45-43-41-39-37-35-33-31-29-22-20-18-16-14-12-10-8-6-4-2/h5,7,11,13,17-20,23-24,26-27,30,32,36,38,51,54H,3-4,6,8-10,12,14-16,21-22,25,28-29,31,33-35,37,39-50H2,1-2H3/b7-5-,13-11-,19-17-,20-18-,24-23-,27-26-,32-30-,38-36-. The maximum atomic E-state index is 12.2. The number of aliphatic hydroxyl groups is 1. The molecule has 5 nitrogen and oxygen atoms in total. The average Bonchev–Trinajstić information content (AvgIpc) is 3.23. The van der Waals surface area contributed by atoms with Crippen LogP contribution in [-0.4, -0.2) is 36.4 Å². The molecule has 0 aliphatic carbocycles. The minimum Gasteiger partial charge on any atom is -0.462 e. The molecule has 0 aliphatic rings.